The van der Waals surface area contributed by atoms with Gasteiger partial charge in [0.1, 0.15) is 5.82 Å². The van der Waals surface area contributed by atoms with Crippen LogP contribution in [0.1, 0.15) is 51.1 Å². The number of halogens is 1. The molecule has 94 valence electrons. The minimum absolute atomic E-state index is 0.0651. The van der Waals surface area contributed by atoms with Gasteiger partial charge < -0.3 is 5.32 Å². The Hall–Kier alpha value is -1.38. The second-order valence-electron chi connectivity index (χ2n) is 4.30. The number of unbranched alkanes of at least 4 members (excludes halogenated alkanes) is 2. The third kappa shape index (κ3) is 4.98. The Morgan fingerprint density at radius 2 is 1.94 bits per heavy atom. The van der Waals surface area contributed by atoms with Crippen molar-refractivity contribution in [2.45, 2.75) is 45.6 Å². The van der Waals surface area contributed by atoms with Crippen molar-refractivity contribution >= 4 is 5.91 Å². The van der Waals surface area contributed by atoms with E-state index in [1.807, 2.05) is 6.92 Å². The quantitative estimate of drug-likeness (QED) is 0.753. The van der Waals surface area contributed by atoms with Gasteiger partial charge >= 0.3 is 0 Å². The van der Waals surface area contributed by atoms with E-state index in [2.05, 4.69) is 12.2 Å². The monoisotopic (exact) mass is 237 g/mol. The lowest BCUT2D eigenvalue weighted by atomic mass is 10.1. The lowest BCUT2D eigenvalue weighted by molar-refractivity contribution is -0.121. The lowest BCUT2D eigenvalue weighted by Gasteiger charge is -2.14. The van der Waals surface area contributed by atoms with Crippen LogP contribution in [0.3, 0.4) is 0 Å². The Morgan fingerprint density at radius 1 is 1.29 bits per heavy atom. The average Bonchev–Trinajstić information content (AvgIpc) is 2.30. The third-order valence-electron chi connectivity index (χ3n) is 2.75. The number of hydrogen-bond donors (Lipinski definition) is 1. The largest absolute Gasteiger partial charge is 0.350 e. The van der Waals surface area contributed by atoms with Gasteiger partial charge in [-0.05, 0) is 31.0 Å². The molecule has 1 unspecified atom stereocenters. The molecular weight excluding hydrogens is 217 g/mol. The van der Waals surface area contributed by atoms with E-state index in [0.29, 0.717) is 6.42 Å². The van der Waals surface area contributed by atoms with Crippen LogP contribution >= 0.6 is 0 Å². The summed E-state index contributed by atoms with van der Waals surface area (Å²) in [5.74, 6) is -0.189. The summed E-state index contributed by atoms with van der Waals surface area (Å²) in [4.78, 5) is 11.6. The maximum Gasteiger partial charge on any atom is 0.220 e. The summed E-state index contributed by atoms with van der Waals surface area (Å²) < 4.78 is 12.7. The topological polar surface area (TPSA) is 29.1 Å². The van der Waals surface area contributed by atoms with Crippen molar-refractivity contribution in [3.05, 3.63) is 35.6 Å². The van der Waals surface area contributed by atoms with Crippen LogP contribution in [0.25, 0.3) is 0 Å². The average molecular weight is 237 g/mol. The van der Waals surface area contributed by atoms with Crippen molar-refractivity contribution in [2.75, 3.05) is 0 Å². The molecule has 3 heteroatoms. The lowest BCUT2D eigenvalue weighted by Crippen LogP contribution is -2.26. The first kappa shape index (κ1) is 13.7. The van der Waals surface area contributed by atoms with E-state index in [1.54, 1.807) is 12.1 Å². The number of benzene rings is 1. The number of nitrogens with one attached hydrogen (secondary N) is 1. The van der Waals surface area contributed by atoms with Gasteiger partial charge in [0.25, 0.3) is 0 Å². The van der Waals surface area contributed by atoms with Gasteiger partial charge in [0.15, 0.2) is 0 Å². The van der Waals surface area contributed by atoms with Crippen LogP contribution in [0, 0.1) is 5.82 Å². The predicted octanol–water partition coefficient (Wildman–Crippen LogP) is 3.58. The van der Waals surface area contributed by atoms with E-state index in [4.69, 9.17) is 0 Å². The number of carbonyl (C=O) groups is 1. The van der Waals surface area contributed by atoms with Gasteiger partial charge in [-0.15, -0.1) is 0 Å². The van der Waals surface area contributed by atoms with Crippen LogP contribution in [0.4, 0.5) is 4.39 Å². The first-order valence-electron chi connectivity index (χ1n) is 6.18. The predicted molar refractivity (Wildman–Crippen MR) is 67.1 cm³/mol. The minimum atomic E-state index is -0.254. The minimum Gasteiger partial charge on any atom is -0.350 e. The zero-order valence-corrected chi connectivity index (χ0v) is 10.5. The fourth-order valence-electron chi connectivity index (χ4n) is 1.68. The molecule has 0 saturated carbocycles. The van der Waals surface area contributed by atoms with Crippen molar-refractivity contribution in [3.8, 4) is 0 Å². The van der Waals surface area contributed by atoms with Crippen LogP contribution in [0.2, 0.25) is 0 Å². The first-order chi connectivity index (χ1) is 8.13. The fraction of sp³-hybridized carbons (Fsp3) is 0.500. The van der Waals surface area contributed by atoms with Crippen molar-refractivity contribution in [3.63, 3.8) is 0 Å². The summed E-state index contributed by atoms with van der Waals surface area (Å²) in [6.07, 6.45) is 3.69. The summed E-state index contributed by atoms with van der Waals surface area (Å²) >= 11 is 0. The highest BCUT2D eigenvalue weighted by molar-refractivity contribution is 5.76. The van der Waals surface area contributed by atoms with Gasteiger partial charge in [-0.2, -0.15) is 0 Å². The smallest absolute Gasteiger partial charge is 0.220 e. The molecule has 17 heavy (non-hydrogen) atoms. The molecule has 0 aromatic heterocycles. The van der Waals surface area contributed by atoms with E-state index in [0.717, 1.165) is 24.8 Å². The molecule has 0 fully saturated rings. The van der Waals surface area contributed by atoms with Gasteiger partial charge in [-0.1, -0.05) is 31.9 Å². The normalized spacial score (nSPS) is 12.2. The number of hydrogen-bond acceptors (Lipinski definition) is 1. The molecule has 0 aliphatic rings. The van der Waals surface area contributed by atoms with Crippen molar-refractivity contribution in [1.29, 1.82) is 0 Å². The Labute approximate surface area is 102 Å². The summed E-state index contributed by atoms with van der Waals surface area (Å²) in [5.41, 5.74) is 0.926. The highest BCUT2D eigenvalue weighted by atomic mass is 19.1. The number of carbonyl (C=O) groups excluding carboxylic acids is 1. The molecule has 0 bridgehead atoms. The number of amides is 1. The second-order valence-corrected chi connectivity index (χ2v) is 4.30. The summed E-state index contributed by atoms with van der Waals surface area (Å²) in [6.45, 7) is 4.02. The third-order valence-corrected chi connectivity index (χ3v) is 2.75. The highest BCUT2D eigenvalue weighted by Gasteiger charge is 2.08. The zero-order chi connectivity index (χ0) is 12.7. The molecule has 1 amide bonds. The van der Waals surface area contributed by atoms with Gasteiger partial charge in [0, 0.05) is 6.42 Å². The molecule has 0 aliphatic carbocycles. The van der Waals surface area contributed by atoms with Gasteiger partial charge in [-0.3, -0.25) is 4.79 Å². The van der Waals surface area contributed by atoms with Crippen molar-refractivity contribution in [2.24, 2.45) is 0 Å². The molecule has 0 aliphatic heterocycles. The Kier molecular flexibility index (Phi) is 5.67. The molecule has 0 heterocycles. The second kappa shape index (κ2) is 7.05. The Morgan fingerprint density at radius 3 is 2.53 bits per heavy atom. The highest BCUT2D eigenvalue weighted by Crippen LogP contribution is 2.13. The van der Waals surface area contributed by atoms with Gasteiger partial charge in [0.05, 0.1) is 6.04 Å². The number of rotatable bonds is 6. The molecule has 1 N–H and O–H groups in total. The zero-order valence-electron chi connectivity index (χ0n) is 10.5. The molecule has 0 spiro atoms. The Bertz CT molecular complexity index is 348. The molecule has 0 radical (unpaired) electrons. The van der Waals surface area contributed by atoms with E-state index in [-0.39, 0.29) is 17.8 Å². The molecule has 0 saturated heterocycles. The standard InChI is InChI=1S/C14H20FNO/c1-3-4-5-6-14(17)16-11(2)12-7-9-13(15)10-8-12/h7-11H,3-6H2,1-2H3,(H,16,17). The molecular formula is C14H20FNO. The SMILES string of the molecule is CCCCCC(=O)NC(C)c1ccc(F)cc1. The van der Waals surface area contributed by atoms with E-state index in [1.165, 1.54) is 12.1 Å². The van der Waals surface area contributed by atoms with Crippen LogP contribution in [0.5, 0.6) is 0 Å². The van der Waals surface area contributed by atoms with Crippen LogP contribution in [-0.4, -0.2) is 5.91 Å². The summed E-state index contributed by atoms with van der Waals surface area (Å²) in [5, 5.41) is 2.91. The maximum atomic E-state index is 12.7. The van der Waals surface area contributed by atoms with E-state index < -0.39 is 0 Å². The molecule has 1 rings (SSSR count). The molecule has 2 nitrogen and oxygen atoms in total. The van der Waals surface area contributed by atoms with Crippen molar-refractivity contribution < 1.29 is 9.18 Å². The summed E-state index contributed by atoms with van der Waals surface area (Å²) in [6, 6.07) is 6.16. The Balaban J connectivity index is 2.40. The van der Waals surface area contributed by atoms with Crippen LogP contribution in [-0.2, 0) is 4.79 Å². The van der Waals surface area contributed by atoms with E-state index in [9.17, 15) is 9.18 Å². The summed E-state index contributed by atoms with van der Waals surface area (Å²) in [7, 11) is 0. The molecule has 1 atom stereocenters. The van der Waals surface area contributed by atoms with Crippen LogP contribution < -0.4 is 5.32 Å². The van der Waals surface area contributed by atoms with Gasteiger partial charge in [-0.25, -0.2) is 4.39 Å². The fourth-order valence-corrected chi connectivity index (χ4v) is 1.68. The first-order valence-corrected chi connectivity index (χ1v) is 6.18. The molecule has 1 aromatic rings. The van der Waals surface area contributed by atoms with Crippen molar-refractivity contribution in [1.82, 2.24) is 5.32 Å². The van der Waals surface area contributed by atoms with Crippen LogP contribution in [0.15, 0.2) is 24.3 Å². The molecule has 1 aromatic carbocycles. The van der Waals surface area contributed by atoms with Gasteiger partial charge in [0.2, 0.25) is 5.91 Å². The van der Waals surface area contributed by atoms with E-state index >= 15 is 0 Å². The maximum absolute atomic E-state index is 12.7.